The summed E-state index contributed by atoms with van der Waals surface area (Å²) in [6.07, 6.45) is 21.4. The van der Waals surface area contributed by atoms with Crippen LogP contribution in [0.4, 0.5) is 8.78 Å². The monoisotopic (exact) mass is 480 g/mol. The maximum atomic E-state index is 12.5. The van der Waals surface area contributed by atoms with Gasteiger partial charge in [-0.25, -0.2) is 0 Å². The Morgan fingerprint density at radius 2 is 1.15 bits per heavy atom. The number of halogens is 2. The highest BCUT2D eigenvalue weighted by Gasteiger charge is 2.35. The van der Waals surface area contributed by atoms with Gasteiger partial charge in [-0.1, -0.05) is 51.9 Å². The fourth-order valence-corrected chi connectivity index (χ4v) is 7.72. The topological polar surface area (TPSA) is 18.5 Å². The fourth-order valence-electron chi connectivity index (χ4n) is 7.72. The Kier molecular flexibility index (Phi) is 10.7. The largest absolute Gasteiger partial charge is 0.352 e. The number of hydrogen-bond acceptors (Lipinski definition) is 2. The van der Waals surface area contributed by atoms with Crippen LogP contribution < -0.4 is 0 Å². The second-order valence-corrected chi connectivity index (χ2v) is 12.3. The van der Waals surface area contributed by atoms with Crippen molar-refractivity contribution in [3.05, 3.63) is 12.2 Å². The van der Waals surface area contributed by atoms with E-state index in [0.717, 1.165) is 74.9 Å². The number of ether oxygens (including phenoxy) is 2. The van der Waals surface area contributed by atoms with Crippen LogP contribution in [0.3, 0.4) is 0 Å². The van der Waals surface area contributed by atoms with Gasteiger partial charge in [-0.3, -0.25) is 0 Å². The standard InChI is InChI=1S/C30H50F2O2/c1-2-3-4-22-5-7-23(8-6-22)11-18-30-33-20-28(21-34-30)27-16-14-26(15-17-27)25-12-9-24(10-13-25)19-29(31)32/h19,22-28,30H,2-18,20-21H2,1H3. The Hall–Kier alpha value is -0.480. The molecule has 1 heterocycles. The molecule has 2 nitrogen and oxygen atoms in total. The van der Waals surface area contributed by atoms with E-state index in [1.54, 1.807) is 0 Å². The number of hydrogen-bond donors (Lipinski definition) is 0. The van der Waals surface area contributed by atoms with Crippen molar-refractivity contribution in [1.29, 1.82) is 0 Å². The summed E-state index contributed by atoms with van der Waals surface area (Å²) in [4.78, 5) is 0. The first-order valence-electron chi connectivity index (χ1n) is 14.9. The van der Waals surface area contributed by atoms with Crippen LogP contribution in [-0.2, 0) is 9.47 Å². The second kappa shape index (κ2) is 13.7. The van der Waals surface area contributed by atoms with Crippen molar-refractivity contribution in [2.75, 3.05) is 13.2 Å². The third-order valence-corrected chi connectivity index (χ3v) is 10.1. The summed E-state index contributed by atoms with van der Waals surface area (Å²) in [5.41, 5.74) is 0. The molecule has 0 spiro atoms. The van der Waals surface area contributed by atoms with Gasteiger partial charge in [-0.15, -0.1) is 0 Å². The Bertz CT molecular complexity index is 587. The lowest BCUT2D eigenvalue weighted by Gasteiger charge is -2.41. The molecule has 196 valence electrons. The summed E-state index contributed by atoms with van der Waals surface area (Å²) in [6, 6.07) is 0. The van der Waals surface area contributed by atoms with Gasteiger partial charge in [0.2, 0.25) is 0 Å². The third-order valence-electron chi connectivity index (χ3n) is 10.1. The van der Waals surface area contributed by atoms with Gasteiger partial charge in [0.15, 0.2) is 6.29 Å². The minimum atomic E-state index is -1.49. The molecule has 3 saturated carbocycles. The van der Waals surface area contributed by atoms with E-state index in [2.05, 4.69) is 6.92 Å². The lowest BCUT2D eigenvalue weighted by molar-refractivity contribution is -0.214. The Morgan fingerprint density at radius 3 is 1.68 bits per heavy atom. The van der Waals surface area contributed by atoms with Gasteiger partial charge in [0.25, 0.3) is 6.08 Å². The van der Waals surface area contributed by atoms with Crippen molar-refractivity contribution in [3.8, 4) is 0 Å². The molecule has 0 atom stereocenters. The van der Waals surface area contributed by atoms with Crippen LogP contribution in [0, 0.1) is 41.4 Å². The summed E-state index contributed by atoms with van der Waals surface area (Å²) in [6.45, 7) is 4.07. The quantitative estimate of drug-likeness (QED) is 0.327. The fraction of sp³-hybridized carbons (Fsp3) is 0.933. The van der Waals surface area contributed by atoms with Gasteiger partial charge in [0.1, 0.15) is 0 Å². The van der Waals surface area contributed by atoms with E-state index >= 15 is 0 Å². The van der Waals surface area contributed by atoms with E-state index in [1.165, 1.54) is 83.1 Å². The number of allylic oxidation sites excluding steroid dienone is 1. The minimum Gasteiger partial charge on any atom is -0.352 e. The SMILES string of the molecule is CCCCC1CCC(CCC2OCC(C3CCC(C4CCC(C=C(F)F)CC4)CC3)CO2)CC1. The molecule has 1 saturated heterocycles. The van der Waals surface area contributed by atoms with Crippen LogP contribution in [-0.4, -0.2) is 19.5 Å². The average molecular weight is 481 g/mol. The van der Waals surface area contributed by atoms with Crippen LogP contribution >= 0.6 is 0 Å². The summed E-state index contributed by atoms with van der Waals surface area (Å²) in [5.74, 6) is 4.88. The molecule has 0 aromatic heterocycles. The number of unbranched alkanes of at least 4 members (excludes halogenated alkanes) is 1. The number of rotatable bonds is 9. The molecule has 4 aliphatic rings. The molecule has 0 bridgehead atoms. The summed E-state index contributed by atoms with van der Waals surface area (Å²) >= 11 is 0. The molecule has 0 N–H and O–H groups in total. The van der Waals surface area contributed by atoms with Gasteiger partial charge in [-0.2, -0.15) is 8.78 Å². The zero-order valence-electron chi connectivity index (χ0n) is 21.7. The first-order chi connectivity index (χ1) is 16.6. The normalized spacial score (nSPS) is 39.5. The van der Waals surface area contributed by atoms with E-state index in [4.69, 9.17) is 9.47 Å². The van der Waals surface area contributed by atoms with Crippen LogP contribution in [0.25, 0.3) is 0 Å². The molecule has 0 unspecified atom stereocenters. The molecule has 1 aliphatic heterocycles. The third kappa shape index (κ3) is 8.02. The summed E-state index contributed by atoms with van der Waals surface area (Å²) < 4.78 is 37.5. The predicted molar refractivity (Wildman–Crippen MR) is 135 cm³/mol. The lowest BCUT2D eigenvalue weighted by atomic mass is 9.67. The average Bonchev–Trinajstić information content (AvgIpc) is 2.87. The molecular weight excluding hydrogens is 430 g/mol. The predicted octanol–water partition coefficient (Wildman–Crippen LogP) is 9.15. The van der Waals surface area contributed by atoms with Crippen LogP contribution in [0.15, 0.2) is 12.2 Å². The summed E-state index contributed by atoms with van der Waals surface area (Å²) in [7, 11) is 0. The Balaban J connectivity index is 1.07. The molecule has 4 rings (SSSR count). The molecule has 4 fully saturated rings. The van der Waals surface area contributed by atoms with Crippen molar-refractivity contribution in [2.45, 2.75) is 122 Å². The van der Waals surface area contributed by atoms with Gasteiger partial charge in [0, 0.05) is 5.92 Å². The van der Waals surface area contributed by atoms with Gasteiger partial charge in [-0.05, 0) is 106 Å². The van der Waals surface area contributed by atoms with E-state index in [1.807, 2.05) is 0 Å². The highest BCUT2D eigenvalue weighted by atomic mass is 19.3. The van der Waals surface area contributed by atoms with Crippen molar-refractivity contribution in [3.63, 3.8) is 0 Å². The van der Waals surface area contributed by atoms with E-state index in [0.29, 0.717) is 5.92 Å². The van der Waals surface area contributed by atoms with E-state index < -0.39 is 6.08 Å². The van der Waals surface area contributed by atoms with Gasteiger partial charge < -0.3 is 9.47 Å². The smallest absolute Gasteiger partial charge is 0.266 e. The summed E-state index contributed by atoms with van der Waals surface area (Å²) in [5, 5.41) is 0. The molecule has 0 amide bonds. The highest BCUT2D eigenvalue weighted by molar-refractivity contribution is 4.92. The minimum absolute atomic E-state index is 0.0313. The Morgan fingerprint density at radius 1 is 0.647 bits per heavy atom. The van der Waals surface area contributed by atoms with Crippen LogP contribution in [0.5, 0.6) is 0 Å². The maximum Gasteiger partial charge on any atom is 0.266 e. The zero-order chi connectivity index (χ0) is 23.8. The van der Waals surface area contributed by atoms with E-state index in [-0.39, 0.29) is 12.2 Å². The first kappa shape index (κ1) is 26.6. The molecular formula is C30H50F2O2. The maximum absolute atomic E-state index is 12.5. The second-order valence-electron chi connectivity index (χ2n) is 12.3. The molecule has 0 radical (unpaired) electrons. The zero-order valence-corrected chi connectivity index (χ0v) is 21.7. The van der Waals surface area contributed by atoms with Crippen molar-refractivity contribution in [1.82, 2.24) is 0 Å². The first-order valence-corrected chi connectivity index (χ1v) is 14.9. The van der Waals surface area contributed by atoms with Gasteiger partial charge in [0.05, 0.1) is 13.2 Å². The molecule has 0 aromatic carbocycles. The van der Waals surface area contributed by atoms with Gasteiger partial charge >= 0.3 is 0 Å². The molecule has 34 heavy (non-hydrogen) atoms. The molecule has 4 heteroatoms. The Labute approximate surface area is 207 Å². The van der Waals surface area contributed by atoms with Crippen LogP contribution in [0.1, 0.15) is 116 Å². The van der Waals surface area contributed by atoms with Crippen molar-refractivity contribution >= 4 is 0 Å². The molecule has 0 aromatic rings. The highest BCUT2D eigenvalue weighted by Crippen LogP contribution is 2.44. The molecule has 3 aliphatic carbocycles. The lowest BCUT2D eigenvalue weighted by Crippen LogP contribution is -2.38. The van der Waals surface area contributed by atoms with E-state index in [9.17, 15) is 8.78 Å². The van der Waals surface area contributed by atoms with Crippen molar-refractivity contribution < 1.29 is 18.3 Å². The van der Waals surface area contributed by atoms with Crippen LogP contribution in [0.2, 0.25) is 0 Å². The van der Waals surface area contributed by atoms with Crippen molar-refractivity contribution in [2.24, 2.45) is 41.4 Å².